The van der Waals surface area contributed by atoms with E-state index in [0.29, 0.717) is 26.3 Å². The van der Waals surface area contributed by atoms with Crippen LogP contribution in [0.4, 0.5) is 5.69 Å². The quantitative estimate of drug-likeness (QED) is 0.469. The fourth-order valence-electron chi connectivity index (χ4n) is 1.89. The first kappa shape index (κ1) is 16.2. The molecular weight excluding hydrogens is 316 g/mol. The maximum absolute atomic E-state index is 11.9. The number of morpholine rings is 1. The van der Waals surface area contributed by atoms with E-state index in [0.717, 1.165) is 6.07 Å². The van der Waals surface area contributed by atoms with Crippen LogP contribution in [0.3, 0.4) is 0 Å². The van der Waals surface area contributed by atoms with E-state index in [9.17, 15) is 19.7 Å². The van der Waals surface area contributed by atoms with Gasteiger partial charge in [0.25, 0.3) is 11.6 Å². The van der Waals surface area contributed by atoms with Crippen LogP contribution in [-0.4, -0.2) is 54.6 Å². The summed E-state index contributed by atoms with van der Waals surface area (Å²) in [7, 11) is 0. The molecule has 1 saturated heterocycles. The molecule has 22 heavy (non-hydrogen) atoms. The second-order valence-electron chi connectivity index (χ2n) is 4.49. The van der Waals surface area contributed by atoms with E-state index in [1.54, 1.807) is 0 Å². The average Bonchev–Trinajstić information content (AvgIpc) is 2.53. The largest absolute Gasteiger partial charge is 0.452 e. The van der Waals surface area contributed by atoms with Crippen molar-refractivity contribution < 1.29 is 24.0 Å². The standard InChI is InChI=1S/C13H13ClN2O6/c14-11-2-1-9(16(19)20)7-10(11)13(18)22-8-12(17)15-3-5-21-6-4-15/h1-2,7H,3-6,8H2. The fourth-order valence-corrected chi connectivity index (χ4v) is 2.09. The monoisotopic (exact) mass is 328 g/mol. The van der Waals surface area contributed by atoms with E-state index in [1.807, 2.05) is 0 Å². The van der Waals surface area contributed by atoms with Crippen LogP contribution in [0.5, 0.6) is 0 Å². The van der Waals surface area contributed by atoms with Crippen LogP contribution < -0.4 is 0 Å². The van der Waals surface area contributed by atoms with E-state index >= 15 is 0 Å². The summed E-state index contributed by atoms with van der Waals surface area (Å²) in [6, 6.07) is 3.43. The highest BCUT2D eigenvalue weighted by molar-refractivity contribution is 6.33. The first-order chi connectivity index (χ1) is 10.5. The molecule has 8 nitrogen and oxygen atoms in total. The van der Waals surface area contributed by atoms with Crippen LogP contribution in [0, 0.1) is 10.1 Å². The summed E-state index contributed by atoms with van der Waals surface area (Å²) in [5, 5.41) is 10.7. The van der Waals surface area contributed by atoms with Crippen molar-refractivity contribution in [2.75, 3.05) is 32.9 Å². The Kier molecular flexibility index (Phi) is 5.29. The highest BCUT2D eigenvalue weighted by atomic mass is 35.5. The summed E-state index contributed by atoms with van der Waals surface area (Å²) in [5.74, 6) is -1.23. The number of nitrogens with zero attached hydrogens (tertiary/aromatic N) is 2. The average molecular weight is 329 g/mol. The maximum atomic E-state index is 11.9. The molecule has 0 N–H and O–H groups in total. The lowest BCUT2D eigenvalue weighted by Crippen LogP contribution is -2.42. The van der Waals surface area contributed by atoms with Crippen molar-refractivity contribution in [2.45, 2.75) is 0 Å². The molecule has 118 valence electrons. The molecule has 0 radical (unpaired) electrons. The number of esters is 1. The number of carbonyl (C=O) groups excluding carboxylic acids is 2. The van der Waals surface area contributed by atoms with Crippen LogP contribution in [-0.2, 0) is 14.3 Å². The van der Waals surface area contributed by atoms with Gasteiger partial charge in [-0.1, -0.05) is 11.6 Å². The van der Waals surface area contributed by atoms with Gasteiger partial charge in [0.2, 0.25) is 0 Å². The zero-order valence-electron chi connectivity index (χ0n) is 11.5. The minimum atomic E-state index is -0.879. The topological polar surface area (TPSA) is 99.0 Å². The van der Waals surface area contributed by atoms with Gasteiger partial charge in [-0.25, -0.2) is 4.79 Å². The van der Waals surface area contributed by atoms with Gasteiger partial charge in [-0.15, -0.1) is 0 Å². The van der Waals surface area contributed by atoms with E-state index in [2.05, 4.69) is 0 Å². The zero-order valence-corrected chi connectivity index (χ0v) is 12.2. The predicted molar refractivity (Wildman–Crippen MR) is 75.8 cm³/mol. The molecule has 1 fully saturated rings. The Morgan fingerprint density at radius 1 is 1.36 bits per heavy atom. The van der Waals surface area contributed by atoms with Gasteiger partial charge in [0, 0.05) is 25.2 Å². The molecular formula is C13H13ClN2O6. The molecule has 0 aliphatic carbocycles. The number of rotatable bonds is 4. The third kappa shape index (κ3) is 3.92. The summed E-state index contributed by atoms with van der Waals surface area (Å²) < 4.78 is 9.99. The van der Waals surface area contributed by atoms with Gasteiger partial charge < -0.3 is 14.4 Å². The molecule has 1 aliphatic heterocycles. The Labute approximate surface area is 130 Å². The molecule has 2 rings (SSSR count). The molecule has 0 spiro atoms. The van der Waals surface area contributed by atoms with Crippen molar-refractivity contribution in [3.05, 3.63) is 38.9 Å². The number of hydrogen-bond donors (Lipinski definition) is 0. The van der Waals surface area contributed by atoms with Crippen molar-refractivity contribution in [1.82, 2.24) is 4.90 Å². The first-order valence-corrected chi connectivity index (χ1v) is 6.83. The molecule has 0 atom stereocenters. The van der Waals surface area contributed by atoms with Crippen molar-refractivity contribution in [1.29, 1.82) is 0 Å². The highest BCUT2D eigenvalue weighted by Crippen LogP contribution is 2.22. The Balaban J connectivity index is 1.98. The number of halogens is 1. The molecule has 1 heterocycles. The van der Waals surface area contributed by atoms with Crippen molar-refractivity contribution in [3.8, 4) is 0 Å². The Bertz CT molecular complexity index is 600. The minimum absolute atomic E-state index is 0.0226. The van der Waals surface area contributed by atoms with Crippen molar-refractivity contribution in [3.63, 3.8) is 0 Å². The Hall–Kier alpha value is -2.19. The number of non-ortho nitro benzene ring substituents is 1. The molecule has 1 aliphatic rings. The van der Waals surface area contributed by atoms with E-state index in [-0.39, 0.29) is 22.2 Å². The van der Waals surface area contributed by atoms with Gasteiger partial charge in [-0.2, -0.15) is 0 Å². The molecule has 0 saturated carbocycles. The van der Waals surface area contributed by atoms with Gasteiger partial charge in [-0.05, 0) is 6.07 Å². The number of ether oxygens (including phenoxy) is 2. The number of nitro benzene ring substituents is 1. The van der Waals surface area contributed by atoms with Gasteiger partial charge in [0.1, 0.15) is 0 Å². The van der Waals surface area contributed by atoms with Crippen LogP contribution in [0.25, 0.3) is 0 Å². The SMILES string of the molecule is O=C(OCC(=O)N1CCOCC1)c1cc([N+](=O)[O-])ccc1Cl. The van der Waals surface area contributed by atoms with Gasteiger partial charge in [0.05, 0.1) is 28.7 Å². The number of nitro groups is 1. The molecule has 1 aromatic rings. The number of amides is 1. The van der Waals surface area contributed by atoms with Gasteiger partial charge in [-0.3, -0.25) is 14.9 Å². The lowest BCUT2D eigenvalue weighted by Gasteiger charge is -2.26. The first-order valence-electron chi connectivity index (χ1n) is 6.45. The van der Waals surface area contributed by atoms with Gasteiger partial charge >= 0.3 is 5.97 Å². The zero-order chi connectivity index (χ0) is 16.1. The fraction of sp³-hybridized carbons (Fsp3) is 0.385. The Morgan fingerprint density at radius 3 is 2.68 bits per heavy atom. The third-order valence-electron chi connectivity index (χ3n) is 3.07. The minimum Gasteiger partial charge on any atom is -0.452 e. The van der Waals surface area contributed by atoms with Crippen LogP contribution >= 0.6 is 11.6 Å². The Morgan fingerprint density at radius 2 is 2.05 bits per heavy atom. The molecule has 1 aromatic carbocycles. The van der Waals surface area contributed by atoms with Crippen LogP contribution in [0.2, 0.25) is 5.02 Å². The maximum Gasteiger partial charge on any atom is 0.340 e. The lowest BCUT2D eigenvalue weighted by atomic mass is 10.2. The number of hydrogen-bond acceptors (Lipinski definition) is 6. The molecule has 9 heteroatoms. The van der Waals surface area contributed by atoms with Crippen LogP contribution in [0.1, 0.15) is 10.4 Å². The second-order valence-corrected chi connectivity index (χ2v) is 4.90. The predicted octanol–water partition coefficient (Wildman–Crippen LogP) is 1.26. The second kappa shape index (κ2) is 7.19. The van der Waals surface area contributed by atoms with Crippen molar-refractivity contribution >= 4 is 29.2 Å². The number of benzene rings is 1. The molecule has 0 bridgehead atoms. The van der Waals surface area contributed by atoms with E-state index in [1.165, 1.54) is 17.0 Å². The summed E-state index contributed by atoms with van der Waals surface area (Å²) >= 11 is 5.82. The van der Waals surface area contributed by atoms with Crippen molar-refractivity contribution in [2.24, 2.45) is 0 Å². The highest BCUT2D eigenvalue weighted by Gasteiger charge is 2.21. The smallest absolute Gasteiger partial charge is 0.340 e. The summed E-state index contributed by atoms with van der Waals surface area (Å²) in [5.41, 5.74) is -0.429. The number of carbonyl (C=O) groups is 2. The summed E-state index contributed by atoms with van der Waals surface area (Å²) in [6.45, 7) is 1.31. The van der Waals surface area contributed by atoms with Gasteiger partial charge in [0.15, 0.2) is 6.61 Å². The van der Waals surface area contributed by atoms with Crippen LogP contribution in [0.15, 0.2) is 18.2 Å². The summed E-state index contributed by atoms with van der Waals surface area (Å²) in [6.07, 6.45) is 0. The van der Waals surface area contributed by atoms with E-state index in [4.69, 9.17) is 21.1 Å². The lowest BCUT2D eigenvalue weighted by molar-refractivity contribution is -0.384. The molecule has 0 unspecified atom stereocenters. The summed E-state index contributed by atoms with van der Waals surface area (Å²) in [4.78, 5) is 35.3. The normalized spacial score (nSPS) is 14.5. The molecule has 1 amide bonds. The molecule has 0 aromatic heterocycles. The van der Waals surface area contributed by atoms with E-state index < -0.39 is 17.5 Å². The third-order valence-corrected chi connectivity index (χ3v) is 3.40.